The molecule has 5 heteroatoms. The summed E-state index contributed by atoms with van der Waals surface area (Å²) in [5.41, 5.74) is 5.92. The first-order chi connectivity index (χ1) is 15.0. The minimum absolute atomic E-state index is 0.208. The first-order valence-corrected chi connectivity index (χ1v) is 10.8. The number of hydrogen-bond acceptors (Lipinski definition) is 4. The lowest BCUT2D eigenvalue weighted by atomic mass is 9.85. The van der Waals surface area contributed by atoms with Crippen LogP contribution in [0.1, 0.15) is 36.5 Å². The van der Waals surface area contributed by atoms with Crippen LogP contribution in [0.3, 0.4) is 0 Å². The second kappa shape index (κ2) is 8.88. The Kier molecular flexibility index (Phi) is 6.03. The zero-order valence-corrected chi connectivity index (χ0v) is 18.3. The molecule has 4 nitrogen and oxygen atoms in total. The second-order valence-electron chi connectivity index (χ2n) is 8.19. The fraction of sp³-hybridized carbons (Fsp3) is 0.308. The Labute approximate surface area is 184 Å². The molecule has 1 unspecified atom stereocenters. The number of guanidine groups is 1. The molecule has 160 valence electrons. The number of allylic oxidation sites excluding steroid dienone is 1. The van der Waals surface area contributed by atoms with E-state index in [1.54, 1.807) is 18.5 Å². The van der Waals surface area contributed by atoms with Gasteiger partial charge in [0.05, 0.1) is 5.70 Å². The predicted molar refractivity (Wildman–Crippen MR) is 126 cm³/mol. The van der Waals surface area contributed by atoms with E-state index >= 15 is 0 Å². The van der Waals surface area contributed by atoms with Crippen LogP contribution in [0.4, 0.5) is 4.39 Å². The van der Waals surface area contributed by atoms with Crippen LogP contribution >= 0.6 is 0 Å². The van der Waals surface area contributed by atoms with Crippen LogP contribution in [0.5, 0.6) is 0 Å². The molecule has 0 N–H and O–H groups in total. The maximum Gasteiger partial charge on any atom is 0.206 e. The minimum atomic E-state index is -0.208. The van der Waals surface area contributed by atoms with Gasteiger partial charge >= 0.3 is 0 Å². The molecule has 0 aliphatic carbocycles. The maximum absolute atomic E-state index is 14.0. The number of likely N-dealkylation sites (tertiary alicyclic amines) is 1. The van der Waals surface area contributed by atoms with E-state index in [1.165, 1.54) is 6.07 Å². The van der Waals surface area contributed by atoms with E-state index in [0.717, 1.165) is 72.0 Å². The number of hydrogen-bond donors (Lipinski definition) is 0. The molecule has 1 fully saturated rings. The summed E-state index contributed by atoms with van der Waals surface area (Å²) in [6, 6.07) is 8.97. The minimum Gasteiger partial charge on any atom is -0.342 e. The van der Waals surface area contributed by atoms with E-state index in [-0.39, 0.29) is 11.7 Å². The molecule has 1 aromatic carbocycles. The zero-order chi connectivity index (χ0) is 22.0. The number of likely N-dealkylation sites (N-methyl/N-ethyl adjacent to an activating group) is 1. The zero-order valence-electron chi connectivity index (χ0n) is 18.3. The SMILES string of the molecule is C=C(c1cc(F)ccc1CC)C1CCCN(C2=NC(c3ccncc3)=CC(=C)N2C)C1. The van der Waals surface area contributed by atoms with E-state index in [9.17, 15) is 4.39 Å². The largest absolute Gasteiger partial charge is 0.342 e. The molecule has 0 spiro atoms. The van der Waals surface area contributed by atoms with Gasteiger partial charge in [0.1, 0.15) is 5.82 Å². The van der Waals surface area contributed by atoms with Gasteiger partial charge in [-0.25, -0.2) is 9.38 Å². The third kappa shape index (κ3) is 4.31. The Morgan fingerprint density at radius 3 is 2.74 bits per heavy atom. The summed E-state index contributed by atoms with van der Waals surface area (Å²) >= 11 is 0. The van der Waals surface area contributed by atoms with E-state index < -0.39 is 0 Å². The highest BCUT2D eigenvalue weighted by Crippen LogP contribution is 2.34. The van der Waals surface area contributed by atoms with Gasteiger partial charge in [0.15, 0.2) is 0 Å². The number of aliphatic imine (C=N–C) groups is 1. The molecule has 2 aromatic rings. The highest BCUT2D eigenvalue weighted by Gasteiger charge is 2.29. The lowest BCUT2D eigenvalue weighted by molar-refractivity contribution is 0.275. The lowest BCUT2D eigenvalue weighted by Gasteiger charge is -2.40. The Balaban J connectivity index is 1.60. The molecule has 1 aromatic heterocycles. The number of aryl methyl sites for hydroxylation is 1. The first-order valence-electron chi connectivity index (χ1n) is 10.8. The number of rotatable bonds is 4. The monoisotopic (exact) mass is 416 g/mol. The highest BCUT2D eigenvalue weighted by atomic mass is 19.1. The third-order valence-electron chi connectivity index (χ3n) is 6.23. The predicted octanol–water partition coefficient (Wildman–Crippen LogP) is 5.36. The van der Waals surface area contributed by atoms with Crippen LogP contribution in [0.2, 0.25) is 0 Å². The van der Waals surface area contributed by atoms with Gasteiger partial charge in [0.25, 0.3) is 0 Å². The van der Waals surface area contributed by atoms with Gasteiger partial charge in [0.2, 0.25) is 5.96 Å². The van der Waals surface area contributed by atoms with Crippen molar-refractivity contribution < 1.29 is 4.39 Å². The molecule has 2 aliphatic heterocycles. The average molecular weight is 417 g/mol. The van der Waals surface area contributed by atoms with Gasteiger partial charge in [0, 0.05) is 49.7 Å². The molecule has 0 saturated carbocycles. The number of pyridine rings is 1. The molecule has 0 radical (unpaired) electrons. The summed E-state index contributed by atoms with van der Waals surface area (Å²) in [7, 11) is 2.00. The number of benzene rings is 1. The average Bonchev–Trinajstić information content (AvgIpc) is 2.81. The Morgan fingerprint density at radius 1 is 1.23 bits per heavy atom. The fourth-order valence-electron chi connectivity index (χ4n) is 4.37. The van der Waals surface area contributed by atoms with Crippen molar-refractivity contribution in [1.29, 1.82) is 0 Å². The standard InChI is InChI=1S/C26H29FN4/c1-5-20-8-9-23(27)16-24(20)19(3)22-7-6-14-31(17-22)26-29-25(15-18(2)30(26)4)21-10-12-28-13-11-21/h8-13,15-16,22H,2-3,5-7,14,17H2,1,4H3. The van der Waals surface area contributed by atoms with Crippen molar-refractivity contribution in [2.24, 2.45) is 10.9 Å². The highest BCUT2D eigenvalue weighted by molar-refractivity contribution is 5.91. The summed E-state index contributed by atoms with van der Waals surface area (Å²) in [6.07, 6.45) is 8.49. The molecule has 0 amide bonds. The molecular formula is C26H29FN4. The lowest BCUT2D eigenvalue weighted by Crippen LogP contribution is -2.47. The number of halogens is 1. The van der Waals surface area contributed by atoms with Crippen molar-refractivity contribution in [1.82, 2.24) is 14.8 Å². The first kappa shape index (κ1) is 21.0. The number of piperidine rings is 1. The smallest absolute Gasteiger partial charge is 0.206 e. The van der Waals surface area contributed by atoms with Crippen molar-refractivity contribution in [2.45, 2.75) is 26.2 Å². The van der Waals surface area contributed by atoms with Crippen molar-refractivity contribution in [3.63, 3.8) is 0 Å². The Hall–Kier alpha value is -3.21. The van der Waals surface area contributed by atoms with E-state index in [2.05, 4.69) is 30.0 Å². The fourth-order valence-corrected chi connectivity index (χ4v) is 4.37. The Bertz CT molecular complexity index is 1050. The van der Waals surface area contributed by atoms with Crippen molar-refractivity contribution in [2.75, 3.05) is 20.1 Å². The van der Waals surface area contributed by atoms with Gasteiger partial charge in [-0.3, -0.25) is 4.98 Å². The van der Waals surface area contributed by atoms with Crippen molar-refractivity contribution in [3.8, 4) is 0 Å². The van der Waals surface area contributed by atoms with Crippen LogP contribution in [0.15, 0.2) is 72.6 Å². The van der Waals surface area contributed by atoms with Crippen LogP contribution in [0.25, 0.3) is 11.3 Å². The number of nitrogens with zero attached hydrogens (tertiary/aromatic N) is 4. The van der Waals surface area contributed by atoms with Crippen molar-refractivity contribution in [3.05, 3.63) is 90.2 Å². The van der Waals surface area contributed by atoms with E-state index in [1.807, 2.05) is 36.2 Å². The molecule has 3 heterocycles. The topological polar surface area (TPSA) is 31.7 Å². The number of aromatic nitrogens is 1. The van der Waals surface area contributed by atoms with Crippen LogP contribution in [0, 0.1) is 11.7 Å². The van der Waals surface area contributed by atoms with Crippen LogP contribution in [-0.4, -0.2) is 40.9 Å². The molecule has 4 rings (SSSR count). The summed E-state index contributed by atoms with van der Waals surface area (Å²) < 4.78 is 14.0. The maximum atomic E-state index is 14.0. The summed E-state index contributed by atoms with van der Waals surface area (Å²) in [5.74, 6) is 0.938. The third-order valence-corrected chi connectivity index (χ3v) is 6.23. The quantitative estimate of drug-likeness (QED) is 0.672. The second-order valence-corrected chi connectivity index (χ2v) is 8.19. The van der Waals surface area contributed by atoms with Crippen molar-refractivity contribution >= 4 is 17.2 Å². The molecule has 31 heavy (non-hydrogen) atoms. The molecular weight excluding hydrogens is 387 g/mol. The molecule has 2 aliphatic rings. The normalized spacial score (nSPS) is 19.2. The van der Waals surface area contributed by atoms with E-state index in [0.29, 0.717) is 0 Å². The molecule has 1 saturated heterocycles. The van der Waals surface area contributed by atoms with Gasteiger partial charge in [-0.2, -0.15) is 0 Å². The van der Waals surface area contributed by atoms with Gasteiger partial charge in [-0.1, -0.05) is 26.1 Å². The van der Waals surface area contributed by atoms with Crippen LogP contribution in [-0.2, 0) is 6.42 Å². The molecule has 0 bridgehead atoms. The summed E-state index contributed by atoms with van der Waals surface area (Å²) in [6.45, 7) is 12.4. The molecule has 1 atom stereocenters. The Morgan fingerprint density at radius 2 is 2.00 bits per heavy atom. The van der Waals surface area contributed by atoms with Gasteiger partial charge in [-0.05, 0) is 66.3 Å². The van der Waals surface area contributed by atoms with Crippen LogP contribution < -0.4 is 0 Å². The van der Waals surface area contributed by atoms with Gasteiger partial charge < -0.3 is 9.80 Å². The van der Waals surface area contributed by atoms with E-state index in [4.69, 9.17) is 4.99 Å². The summed E-state index contributed by atoms with van der Waals surface area (Å²) in [5, 5.41) is 0. The van der Waals surface area contributed by atoms with Gasteiger partial charge in [-0.15, -0.1) is 0 Å². The summed E-state index contributed by atoms with van der Waals surface area (Å²) in [4.78, 5) is 13.4.